The smallest absolute Gasteiger partial charge is 0.416 e. The van der Waals surface area contributed by atoms with Crippen LogP contribution in [-0.4, -0.2) is 64.0 Å². The Kier molecular flexibility index (Phi) is 6.01. The second-order valence-electron chi connectivity index (χ2n) is 7.22. The van der Waals surface area contributed by atoms with E-state index in [-0.39, 0.29) is 31.4 Å². The molecule has 7 nitrogen and oxygen atoms in total. The molecule has 0 bridgehead atoms. The van der Waals surface area contributed by atoms with Crippen molar-refractivity contribution < 1.29 is 32.5 Å². The lowest BCUT2D eigenvalue weighted by Crippen LogP contribution is -2.53. The van der Waals surface area contributed by atoms with Crippen molar-refractivity contribution in [2.45, 2.75) is 18.7 Å². The van der Waals surface area contributed by atoms with Gasteiger partial charge in [0.05, 0.1) is 26.9 Å². The van der Waals surface area contributed by atoms with E-state index in [1.54, 1.807) is 31.3 Å². The predicted octanol–water partition coefficient (Wildman–Crippen LogP) is 3.99. The number of alkyl halides is 2. The number of halogens is 3. The Morgan fingerprint density at radius 1 is 1.29 bits per heavy atom. The van der Waals surface area contributed by atoms with E-state index >= 15 is 0 Å². The van der Waals surface area contributed by atoms with E-state index in [1.807, 2.05) is 6.07 Å². The maximum absolute atomic E-state index is 14.3. The van der Waals surface area contributed by atoms with Crippen LogP contribution < -0.4 is 19.1 Å². The van der Waals surface area contributed by atoms with Gasteiger partial charge in [0.25, 0.3) is 5.91 Å². The van der Waals surface area contributed by atoms with Crippen molar-refractivity contribution in [1.82, 2.24) is 4.90 Å². The third-order valence-electron chi connectivity index (χ3n) is 5.26. The maximum Gasteiger partial charge on any atom is 0.416 e. The first-order valence-corrected chi connectivity index (χ1v) is 11.0. The van der Waals surface area contributed by atoms with Crippen LogP contribution in [0.4, 0.5) is 14.5 Å². The summed E-state index contributed by atoms with van der Waals surface area (Å²) in [4.78, 5) is 17.0. The molecule has 0 saturated carbocycles. The molecule has 0 saturated heterocycles. The second-order valence-corrected chi connectivity index (χ2v) is 9.56. The fraction of sp³-hybridized carbons (Fsp3) is 0.450. The monoisotopic (exact) mass is 518 g/mol. The number of rotatable bonds is 6. The summed E-state index contributed by atoms with van der Waals surface area (Å²) >= 11 is 4.38. The van der Waals surface area contributed by atoms with E-state index in [0.29, 0.717) is 25.8 Å². The molecule has 0 aliphatic carbocycles. The lowest BCUT2D eigenvalue weighted by atomic mass is 10.1. The number of benzene rings is 1. The number of carbonyl (C=O) groups excluding carboxylic acids is 1. The molecule has 0 spiro atoms. The van der Waals surface area contributed by atoms with Gasteiger partial charge in [-0.05, 0) is 28.1 Å². The highest BCUT2D eigenvalue weighted by Gasteiger charge is 2.49. The first kappa shape index (κ1) is 22.1. The van der Waals surface area contributed by atoms with Crippen LogP contribution in [0, 0.1) is 0 Å². The minimum absolute atomic E-state index is 0.00502. The topological polar surface area (TPSA) is 60.5 Å². The average Bonchev–Trinajstić information content (AvgIpc) is 3.02. The zero-order valence-corrected chi connectivity index (χ0v) is 19.5. The summed E-state index contributed by atoms with van der Waals surface area (Å²) in [5, 5.41) is 0. The molecule has 0 N–H and O–H groups in total. The molecule has 1 atom stereocenters. The summed E-state index contributed by atoms with van der Waals surface area (Å²) in [7, 11) is 4.61. The molecule has 3 heterocycles. The van der Waals surface area contributed by atoms with Crippen LogP contribution in [0.2, 0.25) is 0 Å². The summed E-state index contributed by atoms with van der Waals surface area (Å²) in [6.45, 7) is -0.0406. The van der Waals surface area contributed by atoms with Crippen molar-refractivity contribution in [2.24, 2.45) is 0 Å². The Morgan fingerprint density at radius 2 is 2.06 bits per heavy atom. The summed E-state index contributed by atoms with van der Waals surface area (Å²) in [5.41, 5.74) is 1.16. The number of amides is 1. The summed E-state index contributed by atoms with van der Waals surface area (Å²) in [6.07, 6.45) is -3.38. The second kappa shape index (κ2) is 8.44. The first-order chi connectivity index (χ1) is 14.8. The highest BCUT2D eigenvalue weighted by Crippen LogP contribution is 2.52. The molecule has 1 aromatic heterocycles. The van der Waals surface area contributed by atoms with Gasteiger partial charge in [0.1, 0.15) is 32.4 Å². The molecule has 0 fully saturated rings. The van der Waals surface area contributed by atoms with E-state index in [4.69, 9.17) is 18.9 Å². The van der Waals surface area contributed by atoms with Crippen molar-refractivity contribution in [3.05, 3.63) is 32.4 Å². The molecule has 0 radical (unpaired) electrons. The number of ether oxygens (including phenoxy) is 4. The highest BCUT2D eigenvalue weighted by atomic mass is 79.9. The predicted molar refractivity (Wildman–Crippen MR) is 115 cm³/mol. The zero-order chi connectivity index (χ0) is 22.3. The number of hydrogen-bond donors (Lipinski definition) is 0. The molecule has 4 rings (SSSR count). The number of thiophene rings is 1. The van der Waals surface area contributed by atoms with Gasteiger partial charge >= 0.3 is 6.11 Å². The number of methoxy groups -OCH3 is 3. The summed E-state index contributed by atoms with van der Waals surface area (Å²) in [5.74, 6) is 0.937. The van der Waals surface area contributed by atoms with E-state index < -0.39 is 18.7 Å². The lowest BCUT2D eigenvalue weighted by molar-refractivity contribution is -0.173. The van der Waals surface area contributed by atoms with Crippen molar-refractivity contribution in [3.8, 4) is 17.2 Å². The number of anilines is 1. The third-order valence-corrected chi connectivity index (χ3v) is 7.04. The number of carbonyl (C=O) groups is 1. The van der Waals surface area contributed by atoms with Gasteiger partial charge in [0.15, 0.2) is 5.75 Å². The van der Waals surface area contributed by atoms with Crippen LogP contribution in [0.15, 0.2) is 22.0 Å². The van der Waals surface area contributed by atoms with Crippen molar-refractivity contribution in [2.75, 3.05) is 45.9 Å². The lowest BCUT2D eigenvalue weighted by Gasteiger charge is -2.39. The van der Waals surface area contributed by atoms with Gasteiger partial charge in [-0.2, -0.15) is 8.78 Å². The Labute approximate surface area is 190 Å². The average molecular weight is 519 g/mol. The quantitative estimate of drug-likeness (QED) is 0.576. The SMILES string of the molecule is COC[C@@H]1CN(Cc2ccc(OC)cc2OC)C(=O)c2sc(Br)c3c2N1CC(F)(F)O3. The van der Waals surface area contributed by atoms with Gasteiger partial charge in [-0.15, -0.1) is 11.3 Å². The van der Waals surface area contributed by atoms with Crippen molar-refractivity contribution >= 4 is 38.9 Å². The van der Waals surface area contributed by atoms with Gasteiger partial charge < -0.3 is 28.7 Å². The molecule has 31 heavy (non-hydrogen) atoms. The first-order valence-electron chi connectivity index (χ1n) is 9.42. The Morgan fingerprint density at radius 3 is 2.74 bits per heavy atom. The van der Waals surface area contributed by atoms with Crippen molar-refractivity contribution in [1.29, 1.82) is 0 Å². The molecule has 2 aliphatic rings. The molecule has 1 aromatic carbocycles. The highest BCUT2D eigenvalue weighted by molar-refractivity contribution is 9.11. The molecule has 11 heteroatoms. The van der Waals surface area contributed by atoms with Crippen molar-refractivity contribution in [3.63, 3.8) is 0 Å². The normalized spacial score (nSPS) is 19.5. The Hall–Kier alpha value is -2.11. The third kappa shape index (κ3) is 4.06. The van der Waals surface area contributed by atoms with Gasteiger partial charge in [-0.3, -0.25) is 4.79 Å². The number of nitrogens with zero attached hydrogens (tertiary/aromatic N) is 2. The van der Waals surface area contributed by atoms with Crippen LogP contribution in [0.5, 0.6) is 17.2 Å². The summed E-state index contributed by atoms with van der Waals surface area (Å²) in [6, 6.07) is 4.87. The van der Waals surface area contributed by atoms with Crippen LogP contribution in [0.25, 0.3) is 0 Å². The maximum atomic E-state index is 14.3. The van der Waals surface area contributed by atoms with Crippen LogP contribution in [0.1, 0.15) is 15.2 Å². The minimum atomic E-state index is -3.38. The van der Waals surface area contributed by atoms with E-state index in [2.05, 4.69) is 15.9 Å². The van der Waals surface area contributed by atoms with Crippen LogP contribution in [-0.2, 0) is 11.3 Å². The molecule has 1 amide bonds. The van der Waals surface area contributed by atoms with E-state index in [1.165, 1.54) is 12.0 Å². The molecule has 168 valence electrons. The fourth-order valence-electron chi connectivity index (χ4n) is 3.88. The zero-order valence-electron chi connectivity index (χ0n) is 17.1. The van der Waals surface area contributed by atoms with Crippen LogP contribution in [0.3, 0.4) is 0 Å². The Balaban J connectivity index is 1.75. The number of hydrogen-bond acceptors (Lipinski definition) is 7. The Bertz CT molecular complexity index is 1000. The fourth-order valence-corrected chi connectivity index (χ4v) is 5.57. The largest absolute Gasteiger partial charge is 0.497 e. The molecule has 2 aliphatic heterocycles. The summed E-state index contributed by atoms with van der Waals surface area (Å²) < 4.78 is 50.0. The standard InChI is InChI=1S/C20H21BrF2N2O5S/c1-27-9-12-8-24(7-11-4-5-13(28-2)6-14(11)29-3)19(26)17-15-16(18(21)31-17)30-20(22,23)10-25(12)15/h4-6,12H,7-10H2,1-3H3/t12-/m0/s1. The van der Waals surface area contributed by atoms with Gasteiger partial charge in [0, 0.05) is 31.8 Å². The molecule has 2 aromatic rings. The van der Waals surface area contributed by atoms with E-state index in [0.717, 1.165) is 16.9 Å². The van der Waals surface area contributed by atoms with Gasteiger partial charge in [-0.1, -0.05) is 0 Å². The van der Waals surface area contributed by atoms with Gasteiger partial charge in [0.2, 0.25) is 0 Å². The molecular formula is C20H21BrF2N2O5S. The van der Waals surface area contributed by atoms with Gasteiger partial charge in [-0.25, -0.2) is 0 Å². The molecule has 0 unspecified atom stereocenters. The minimum Gasteiger partial charge on any atom is -0.497 e. The van der Waals surface area contributed by atoms with E-state index in [9.17, 15) is 13.6 Å². The molecular weight excluding hydrogens is 498 g/mol. The van der Waals surface area contributed by atoms with Crippen LogP contribution >= 0.6 is 27.3 Å².